The van der Waals surface area contributed by atoms with Gasteiger partial charge in [0.1, 0.15) is 5.25 Å². The molecule has 0 aromatic heterocycles. The maximum Gasteiger partial charge on any atom is 0.237 e. The molecule has 0 fully saturated rings. The van der Waals surface area contributed by atoms with Gasteiger partial charge in [0, 0.05) is 7.05 Å². The van der Waals surface area contributed by atoms with Crippen molar-refractivity contribution in [1.29, 1.82) is 0 Å². The minimum absolute atomic E-state index is 0.252. The van der Waals surface area contributed by atoms with Gasteiger partial charge in [-0.1, -0.05) is 29.3 Å². The van der Waals surface area contributed by atoms with Gasteiger partial charge < -0.3 is 5.32 Å². The number of hydrogen-bond acceptors (Lipinski definition) is 3. The standard InChI is InChI=1S/C11H13Cl2NO3S/c1-7(11(15)14-2)18(16,17)6-8-3-4-9(12)10(13)5-8/h3-5,7H,6H2,1-2H3,(H,14,15)/t7-/m1/s1. The molecule has 0 saturated carbocycles. The van der Waals surface area contributed by atoms with E-state index in [1.165, 1.54) is 26.1 Å². The number of benzene rings is 1. The number of carbonyl (C=O) groups excluding carboxylic acids is 1. The predicted molar refractivity (Wildman–Crippen MR) is 72.6 cm³/mol. The van der Waals surface area contributed by atoms with Gasteiger partial charge in [-0.25, -0.2) is 8.42 Å². The highest BCUT2D eigenvalue weighted by Crippen LogP contribution is 2.24. The summed E-state index contributed by atoms with van der Waals surface area (Å²) in [4.78, 5) is 11.3. The van der Waals surface area contributed by atoms with Crippen LogP contribution in [0.15, 0.2) is 18.2 Å². The molecule has 7 heteroatoms. The summed E-state index contributed by atoms with van der Waals surface area (Å²) in [6, 6.07) is 4.58. The molecule has 100 valence electrons. The third kappa shape index (κ3) is 3.60. The maximum absolute atomic E-state index is 12.0. The van der Waals surface area contributed by atoms with Crippen LogP contribution in [0.25, 0.3) is 0 Å². The van der Waals surface area contributed by atoms with Gasteiger partial charge in [-0.2, -0.15) is 0 Å². The smallest absolute Gasteiger partial charge is 0.237 e. The molecule has 0 aliphatic heterocycles. The molecule has 0 heterocycles. The molecule has 1 aromatic rings. The SMILES string of the molecule is CNC(=O)[C@@H](C)S(=O)(=O)Cc1ccc(Cl)c(Cl)c1. The zero-order valence-corrected chi connectivity index (χ0v) is 12.2. The van der Waals surface area contributed by atoms with E-state index in [2.05, 4.69) is 5.32 Å². The lowest BCUT2D eigenvalue weighted by Gasteiger charge is -2.11. The minimum atomic E-state index is -3.57. The van der Waals surface area contributed by atoms with Crippen LogP contribution in [0.2, 0.25) is 10.0 Å². The van der Waals surface area contributed by atoms with Gasteiger partial charge >= 0.3 is 0 Å². The number of rotatable bonds is 4. The second-order valence-corrected chi connectivity index (χ2v) is 6.95. The van der Waals surface area contributed by atoms with E-state index in [4.69, 9.17) is 23.2 Å². The van der Waals surface area contributed by atoms with Gasteiger partial charge in [-0.15, -0.1) is 0 Å². The van der Waals surface area contributed by atoms with Crippen LogP contribution in [0.5, 0.6) is 0 Å². The lowest BCUT2D eigenvalue weighted by Crippen LogP contribution is -2.36. The van der Waals surface area contributed by atoms with Crippen molar-refractivity contribution < 1.29 is 13.2 Å². The van der Waals surface area contributed by atoms with Crippen molar-refractivity contribution in [2.75, 3.05) is 7.05 Å². The Balaban J connectivity index is 2.95. The molecule has 1 N–H and O–H groups in total. The fourth-order valence-electron chi connectivity index (χ4n) is 1.35. The fraction of sp³-hybridized carbons (Fsp3) is 0.364. The van der Waals surface area contributed by atoms with Crippen LogP contribution >= 0.6 is 23.2 Å². The summed E-state index contributed by atoms with van der Waals surface area (Å²) in [5.74, 6) is -0.784. The van der Waals surface area contributed by atoms with E-state index in [0.717, 1.165) is 0 Å². The van der Waals surface area contributed by atoms with E-state index in [9.17, 15) is 13.2 Å². The predicted octanol–water partition coefficient (Wildman–Crippen LogP) is 2.04. The van der Waals surface area contributed by atoms with Crippen LogP contribution in [0.4, 0.5) is 0 Å². The monoisotopic (exact) mass is 309 g/mol. The summed E-state index contributed by atoms with van der Waals surface area (Å²) < 4.78 is 23.9. The molecular formula is C11H13Cl2NO3S. The van der Waals surface area contributed by atoms with E-state index >= 15 is 0 Å². The summed E-state index contributed by atoms with van der Waals surface area (Å²) in [6.07, 6.45) is 0. The molecule has 0 spiro atoms. The Morgan fingerprint density at radius 2 is 1.94 bits per heavy atom. The molecule has 1 atom stereocenters. The first-order valence-corrected chi connectivity index (χ1v) is 7.62. The van der Waals surface area contributed by atoms with E-state index < -0.39 is 21.0 Å². The van der Waals surface area contributed by atoms with Gasteiger partial charge in [0.25, 0.3) is 0 Å². The Morgan fingerprint density at radius 1 is 1.33 bits per heavy atom. The third-order valence-electron chi connectivity index (χ3n) is 2.51. The topological polar surface area (TPSA) is 63.2 Å². The third-order valence-corrected chi connectivity index (χ3v) is 5.27. The molecule has 18 heavy (non-hydrogen) atoms. The second kappa shape index (κ2) is 5.91. The van der Waals surface area contributed by atoms with E-state index in [0.29, 0.717) is 10.6 Å². The van der Waals surface area contributed by atoms with E-state index in [-0.39, 0.29) is 10.8 Å². The fourth-order valence-corrected chi connectivity index (χ4v) is 3.01. The van der Waals surface area contributed by atoms with Crippen LogP contribution in [0.1, 0.15) is 12.5 Å². The number of hydrogen-bond donors (Lipinski definition) is 1. The quantitative estimate of drug-likeness (QED) is 0.925. The molecule has 1 amide bonds. The first-order valence-electron chi connectivity index (χ1n) is 5.15. The molecule has 1 aromatic carbocycles. The Bertz CT molecular complexity index is 557. The summed E-state index contributed by atoms with van der Waals surface area (Å²) in [5, 5.41) is 1.86. The van der Waals surface area contributed by atoms with Crippen LogP contribution < -0.4 is 5.32 Å². The molecule has 0 bridgehead atoms. The molecule has 0 unspecified atom stereocenters. The first-order chi connectivity index (χ1) is 8.27. The molecular weight excluding hydrogens is 297 g/mol. The first kappa shape index (κ1) is 15.3. The van der Waals surface area contributed by atoms with Gasteiger partial charge in [0.2, 0.25) is 5.91 Å². The van der Waals surface area contributed by atoms with Crippen molar-refractivity contribution in [3.63, 3.8) is 0 Å². The lowest BCUT2D eigenvalue weighted by atomic mass is 10.2. The average molecular weight is 310 g/mol. The Hall–Kier alpha value is -0.780. The normalized spacial score (nSPS) is 13.1. The molecule has 1 rings (SSSR count). The summed E-state index contributed by atoms with van der Waals surface area (Å²) in [5.41, 5.74) is 0.500. The minimum Gasteiger partial charge on any atom is -0.358 e. The van der Waals surface area contributed by atoms with Crippen LogP contribution in [0, 0.1) is 0 Å². The van der Waals surface area contributed by atoms with Crippen molar-refractivity contribution in [2.24, 2.45) is 0 Å². The van der Waals surface area contributed by atoms with Gasteiger partial charge in [-0.05, 0) is 24.6 Å². The van der Waals surface area contributed by atoms with Crippen molar-refractivity contribution >= 4 is 38.9 Å². The largest absolute Gasteiger partial charge is 0.358 e. The summed E-state index contributed by atoms with van der Waals surface area (Å²) in [7, 11) is -2.17. The van der Waals surface area contributed by atoms with Crippen molar-refractivity contribution in [3.8, 4) is 0 Å². The number of sulfone groups is 1. The second-order valence-electron chi connectivity index (χ2n) is 3.81. The summed E-state index contributed by atoms with van der Waals surface area (Å²) in [6.45, 7) is 1.35. The molecule has 4 nitrogen and oxygen atoms in total. The highest BCUT2D eigenvalue weighted by atomic mass is 35.5. The summed E-state index contributed by atoms with van der Waals surface area (Å²) >= 11 is 11.5. The lowest BCUT2D eigenvalue weighted by molar-refractivity contribution is -0.119. The van der Waals surface area contributed by atoms with Crippen molar-refractivity contribution in [3.05, 3.63) is 33.8 Å². The van der Waals surface area contributed by atoms with Gasteiger partial charge in [0.15, 0.2) is 9.84 Å². The number of carbonyl (C=O) groups is 1. The van der Waals surface area contributed by atoms with Crippen molar-refractivity contribution in [1.82, 2.24) is 5.32 Å². The van der Waals surface area contributed by atoms with Crippen molar-refractivity contribution in [2.45, 2.75) is 17.9 Å². The average Bonchev–Trinajstić information content (AvgIpc) is 2.31. The number of halogens is 2. The zero-order valence-electron chi connectivity index (χ0n) is 9.91. The number of amides is 1. The molecule has 0 saturated heterocycles. The van der Waals surface area contributed by atoms with Crippen LogP contribution in [-0.4, -0.2) is 26.6 Å². The molecule has 0 radical (unpaired) electrons. The van der Waals surface area contributed by atoms with E-state index in [1.54, 1.807) is 6.07 Å². The maximum atomic E-state index is 12.0. The highest BCUT2D eigenvalue weighted by Gasteiger charge is 2.27. The van der Waals surface area contributed by atoms with Crippen LogP contribution in [-0.2, 0) is 20.4 Å². The molecule has 0 aliphatic rings. The van der Waals surface area contributed by atoms with Gasteiger partial charge in [-0.3, -0.25) is 4.79 Å². The Kier molecular flexibility index (Phi) is 5.01. The zero-order chi connectivity index (χ0) is 13.9. The number of nitrogens with one attached hydrogen (secondary N) is 1. The molecule has 0 aliphatic carbocycles. The van der Waals surface area contributed by atoms with Crippen LogP contribution in [0.3, 0.4) is 0 Å². The Labute approximate surface area is 116 Å². The van der Waals surface area contributed by atoms with Gasteiger partial charge in [0.05, 0.1) is 15.8 Å². The Morgan fingerprint density at radius 3 is 2.44 bits per heavy atom. The highest BCUT2D eigenvalue weighted by molar-refractivity contribution is 7.92. The van der Waals surface area contributed by atoms with E-state index in [1.807, 2.05) is 0 Å².